The zero-order valence-corrected chi connectivity index (χ0v) is 29.1. The maximum absolute atomic E-state index is 13.3. The molecule has 4 amide bonds. The number of hydroxylamine groups is 2. The molecule has 0 aliphatic carbocycles. The van der Waals surface area contributed by atoms with Gasteiger partial charge in [0.05, 0.1) is 37.2 Å². The minimum Gasteiger partial charge on any atom is -0.493 e. The number of carboxylic acid groups (broad SMARTS) is 2. The summed E-state index contributed by atoms with van der Waals surface area (Å²) in [6, 6.07) is 4.56. The molecule has 3 unspecified atom stereocenters. The molecule has 1 aromatic heterocycles. The summed E-state index contributed by atoms with van der Waals surface area (Å²) in [5.41, 5.74) is 0.324. The molecule has 2 rings (SSSR count). The van der Waals surface area contributed by atoms with Crippen LogP contribution in [0.5, 0.6) is 5.75 Å². The van der Waals surface area contributed by atoms with E-state index in [2.05, 4.69) is 20.5 Å². The number of benzene rings is 1. The number of unbranched alkanes of at least 4 members (excludes halogenated alkanes) is 2. The van der Waals surface area contributed by atoms with Gasteiger partial charge in [0, 0.05) is 5.56 Å². The summed E-state index contributed by atoms with van der Waals surface area (Å²) in [5.74, 6) is -5.73. The monoisotopic (exact) mass is 742 g/mol. The average molecular weight is 743 g/mol. The summed E-state index contributed by atoms with van der Waals surface area (Å²) in [4.78, 5) is 96.0. The number of hydrogen-bond donors (Lipinski definition) is 7. The summed E-state index contributed by atoms with van der Waals surface area (Å²) in [7, 11) is -4.87. The van der Waals surface area contributed by atoms with E-state index in [1.54, 1.807) is 13.8 Å². The minimum absolute atomic E-state index is 0.0452. The molecule has 19 nitrogen and oxygen atoms in total. The van der Waals surface area contributed by atoms with Crippen molar-refractivity contribution in [3.63, 3.8) is 0 Å². The van der Waals surface area contributed by atoms with Crippen LogP contribution in [-0.2, 0) is 33.1 Å². The highest BCUT2D eigenvalue weighted by molar-refractivity contribution is 7.46. The van der Waals surface area contributed by atoms with Crippen LogP contribution in [0.1, 0.15) is 80.2 Å². The number of aliphatic carboxylic acids is 2. The SMILES string of the molecule is CCCCCC(C(=O)NCNC(=O)c1ccc(-c2ccc(C(=O)NC(CC(=O)O)C(=O)O)c(OCC)c2)o1)C(CC)N(C=O)OCOP(=O)(O)O. The van der Waals surface area contributed by atoms with Crippen LogP contribution >= 0.6 is 7.82 Å². The van der Waals surface area contributed by atoms with E-state index in [9.17, 15) is 38.4 Å². The van der Waals surface area contributed by atoms with Crippen molar-refractivity contribution in [2.45, 2.75) is 71.4 Å². The van der Waals surface area contributed by atoms with Crippen LogP contribution in [0, 0.1) is 5.92 Å². The Hall–Kier alpha value is -4.81. The van der Waals surface area contributed by atoms with E-state index in [0.717, 1.165) is 17.9 Å². The average Bonchev–Trinajstić information content (AvgIpc) is 3.56. The van der Waals surface area contributed by atoms with Crippen LogP contribution < -0.4 is 20.7 Å². The number of carboxylic acids is 2. The number of furan rings is 1. The molecule has 0 fully saturated rings. The Bertz CT molecular complexity index is 1560. The smallest absolute Gasteiger partial charge is 0.471 e. The van der Waals surface area contributed by atoms with Gasteiger partial charge in [-0.25, -0.2) is 19.3 Å². The van der Waals surface area contributed by atoms with Crippen molar-refractivity contribution in [3.05, 3.63) is 41.7 Å². The number of nitrogens with one attached hydrogen (secondary N) is 3. The van der Waals surface area contributed by atoms with E-state index in [0.29, 0.717) is 18.4 Å². The molecule has 0 aliphatic rings. The van der Waals surface area contributed by atoms with Gasteiger partial charge in [-0.2, -0.15) is 0 Å². The first-order chi connectivity index (χ1) is 24.1. The predicted octanol–water partition coefficient (Wildman–Crippen LogP) is 2.24. The maximum atomic E-state index is 13.3. The van der Waals surface area contributed by atoms with Gasteiger partial charge in [0.25, 0.3) is 11.8 Å². The lowest BCUT2D eigenvalue weighted by Gasteiger charge is -2.32. The number of nitrogens with zero attached hydrogens (tertiary/aromatic N) is 1. The molecule has 3 atom stereocenters. The second kappa shape index (κ2) is 20.8. The molecule has 0 bridgehead atoms. The van der Waals surface area contributed by atoms with E-state index in [1.165, 1.54) is 30.3 Å². The van der Waals surface area contributed by atoms with Gasteiger partial charge in [0.15, 0.2) is 12.6 Å². The van der Waals surface area contributed by atoms with Crippen LogP contribution in [0.2, 0.25) is 0 Å². The van der Waals surface area contributed by atoms with Crippen molar-refractivity contribution in [3.8, 4) is 17.1 Å². The van der Waals surface area contributed by atoms with Gasteiger partial charge in [-0.05, 0) is 44.0 Å². The highest BCUT2D eigenvalue weighted by atomic mass is 31.2. The molecule has 51 heavy (non-hydrogen) atoms. The van der Waals surface area contributed by atoms with Crippen LogP contribution in [-0.4, -0.2) is 93.3 Å². The number of rotatable bonds is 24. The third-order valence-electron chi connectivity index (χ3n) is 7.33. The number of phosphoric ester groups is 1. The van der Waals surface area contributed by atoms with Crippen molar-refractivity contribution in [1.29, 1.82) is 0 Å². The molecule has 0 saturated heterocycles. The van der Waals surface area contributed by atoms with Crippen LogP contribution in [0.25, 0.3) is 11.3 Å². The Labute approximate surface area is 292 Å². The summed E-state index contributed by atoms with van der Waals surface area (Å²) in [6.45, 7) is 4.19. The van der Waals surface area contributed by atoms with Gasteiger partial charge in [0.2, 0.25) is 12.3 Å². The van der Waals surface area contributed by atoms with E-state index < -0.39 is 68.7 Å². The molecule has 7 N–H and O–H groups in total. The topological polar surface area (TPSA) is 281 Å². The standard InChI is InChI=1S/C31H43N4O15P/c1-4-7-8-9-20(23(5-2)35(17-36)48-18-49-51(44,45)46)28(39)32-16-33-30(41)25-13-12-24(50-25)19-10-11-21(26(14-19)47-6-3)29(40)34-22(31(42)43)15-27(37)38/h10-14,17,20,22-23H,4-9,15-16,18H2,1-3H3,(H,32,39)(H,33,41)(H,34,40)(H,37,38)(H,42,43)(H2,44,45,46). The first-order valence-corrected chi connectivity index (χ1v) is 17.4. The number of hydrogen-bond acceptors (Lipinski definition) is 11. The van der Waals surface area contributed by atoms with Crippen molar-refractivity contribution in [2.75, 3.05) is 20.1 Å². The Balaban J connectivity index is 2.13. The fourth-order valence-corrected chi connectivity index (χ4v) is 5.09. The molecule has 282 valence electrons. The van der Waals surface area contributed by atoms with E-state index >= 15 is 0 Å². The number of ether oxygens (including phenoxy) is 1. The van der Waals surface area contributed by atoms with Gasteiger partial charge in [-0.1, -0.05) is 39.2 Å². The third kappa shape index (κ3) is 13.8. The number of carbonyl (C=O) groups excluding carboxylic acids is 4. The van der Waals surface area contributed by atoms with Crippen molar-refractivity contribution < 1.29 is 71.8 Å². The quantitative estimate of drug-likeness (QED) is 0.0267. The number of phosphoric acid groups is 1. The fourth-order valence-electron chi connectivity index (χ4n) is 4.91. The van der Waals surface area contributed by atoms with Gasteiger partial charge in [0.1, 0.15) is 17.6 Å². The molecular weight excluding hydrogens is 699 g/mol. The van der Waals surface area contributed by atoms with Crippen molar-refractivity contribution in [2.24, 2.45) is 5.92 Å². The highest BCUT2D eigenvalue weighted by Crippen LogP contribution is 2.35. The van der Waals surface area contributed by atoms with Crippen LogP contribution in [0.3, 0.4) is 0 Å². The van der Waals surface area contributed by atoms with Gasteiger partial charge >= 0.3 is 19.8 Å². The molecule has 1 heterocycles. The summed E-state index contributed by atoms with van der Waals surface area (Å²) >= 11 is 0. The molecule has 0 radical (unpaired) electrons. The second-order valence-electron chi connectivity index (χ2n) is 10.9. The van der Waals surface area contributed by atoms with Crippen LogP contribution in [0.15, 0.2) is 34.7 Å². The van der Waals surface area contributed by atoms with E-state index in [-0.39, 0.29) is 48.9 Å². The van der Waals surface area contributed by atoms with Gasteiger partial charge in [-0.3, -0.25) is 28.5 Å². The van der Waals surface area contributed by atoms with Crippen molar-refractivity contribution in [1.82, 2.24) is 21.0 Å². The highest BCUT2D eigenvalue weighted by Gasteiger charge is 2.32. The Morgan fingerprint density at radius 3 is 2.31 bits per heavy atom. The van der Waals surface area contributed by atoms with Gasteiger partial charge < -0.3 is 45.1 Å². The summed E-state index contributed by atoms with van der Waals surface area (Å²) < 4.78 is 26.5. The minimum atomic E-state index is -4.87. The lowest BCUT2D eigenvalue weighted by Crippen LogP contribution is -2.48. The number of carbonyl (C=O) groups is 6. The maximum Gasteiger partial charge on any atom is 0.471 e. The molecule has 0 aliphatic heterocycles. The molecular formula is C31H43N4O15P. The normalized spacial score (nSPS) is 13.0. The number of amides is 4. The first kappa shape index (κ1) is 42.4. The Morgan fingerprint density at radius 2 is 1.73 bits per heavy atom. The van der Waals surface area contributed by atoms with E-state index in [4.69, 9.17) is 28.9 Å². The molecule has 20 heteroatoms. The van der Waals surface area contributed by atoms with Crippen molar-refractivity contribution >= 4 is 43.9 Å². The first-order valence-electron chi connectivity index (χ1n) is 15.9. The Morgan fingerprint density at radius 1 is 1.00 bits per heavy atom. The lowest BCUT2D eigenvalue weighted by molar-refractivity contribution is -0.221. The summed E-state index contributed by atoms with van der Waals surface area (Å²) in [6.07, 6.45) is 2.30. The molecule has 1 aromatic carbocycles. The van der Waals surface area contributed by atoms with Gasteiger partial charge in [-0.15, -0.1) is 0 Å². The zero-order valence-electron chi connectivity index (χ0n) is 28.2. The second-order valence-corrected chi connectivity index (χ2v) is 12.1. The summed E-state index contributed by atoms with van der Waals surface area (Å²) in [5, 5.41) is 26.3. The van der Waals surface area contributed by atoms with E-state index in [1.807, 2.05) is 6.92 Å². The third-order valence-corrected chi connectivity index (χ3v) is 7.77. The predicted molar refractivity (Wildman–Crippen MR) is 176 cm³/mol. The largest absolute Gasteiger partial charge is 0.493 e. The molecule has 0 saturated carbocycles. The fraction of sp³-hybridized carbons (Fsp3) is 0.484. The molecule has 0 spiro atoms. The Kier molecular flexibility index (Phi) is 17.2. The lowest BCUT2D eigenvalue weighted by atomic mass is 9.90. The molecule has 2 aromatic rings. The zero-order chi connectivity index (χ0) is 38.1. The van der Waals surface area contributed by atoms with Crippen LogP contribution in [0.4, 0.5) is 0 Å².